The molecule has 0 spiro atoms. The van der Waals surface area contributed by atoms with Crippen molar-refractivity contribution in [2.75, 3.05) is 17.3 Å². The highest BCUT2D eigenvalue weighted by Gasteiger charge is 2.34. The van der Waals surface area contributed by atoms with Gasteiger partial charge in [0.25, 0.3) is 5.91 Å². The van der Waals surface area contributed by atoms with Crippen LogP contribution in [-0.4, -0.2) is 18.1 Å². The van der Waals surface area contributed by atoms with E-state index in [0.717, 1.165) is 22.5 Å². The maximum absolute atomic E-state index is 13.3. The van der Waals surface area contributed by atoms with Gasteiger partial charge < -0.3 is 15.2 Å². The third-order valence-electron chi connectivity index (χ3n) is 4.76. The second-order valence-electron chi connectivity index (χ2n) is 6.53. The first-order chi connectivity index (χ1) is 13.1. The summed E-state index contributed by atoms with van der Waals surface area (Å²) in [6, 6.07) is 20.4. The SMILES string of the molecule is COc1cc([C@H]2Nc3ccccc3C(=O)N2c2ccc(C)cc2)ccc1O. The minimum atomic E-state index is -0.426. The minimum absolute atomic E-state index is 0.0608. The molecule has 0 bridgehead atoms. The number of methoxy groups -OCH3 is 1. The highest BCUT2D eigenvalue weighted by Crippen LogP contribution is 2.38. The van der Waals surface area contributed by atoms with E-state index in [9.17, 15) is 9.90 Å². The Morgan fingerprint density at radius 1 is 1.04 bits per heavy atom. The van der Waals surface area contributed by atoms with Crippen LogP contribution in [0.4, 0.5) is 11.4 Å². The van der Waals surface area contributed by atoms with Crippen molar-refractivity contribution in [3.05, 3.63) is 83.4 Å². The van der Waals surface area contributed by atoms with Crippen LogP contribution in [0.25, 0.3) is 0 Å². The number of amides is 1. The van der Waals surface area contributed by atoms with Crippen LogP contribution in [0.5, 0.6) is 11.5 Å². The Morgan fingerprint density at radius 3 is 2.52 bits per heavy atom. The van der Waals surface area contributed by atoms with Gasteiger partial charge >= 0.3 is 0 Å². The normalized spacial score (nSPS) is 15.9. The lowest BCUT2D eigenvalue weighted by atomic mass is 10.0. The molecule has 0 unspecified atom stereocenters. The first kappa shape index (κ1) is 17.0. The summed E-state index contributed by atoms with van der Waals surface area (Å²) in [5, 5.41) is 13.4. The zero-order valence-electron chi connectivity index (χ0n) is 15.1. The molecule has 2 N–H and O–H groups in total. The van der Waals surface area contributed by atoms with Gasteiger partial charge in [-0.25, -0.2) is 0 Å². The molecule has 1 aliphatic rings. The fourth-order valence-electron chi connectivity index (χ4n) is 3.32. The summed E-state index contributed by atoms with van der Waals surface area (Å²) in [6.07, 6.45) is -0.426. The number of aryl methyl sites for hydroxylation is 1. The summed E-state index contributed by atoms with van der Waals surface area (Å²) in [7, 11) is 1.51. The number of para-hydroxylation sites is 1. The monoisotopic (exact) mass is 360 g/mol. The Labute approximate surface area is 157 Å². The van der Waals surface area contributed by atoms with E-state index in [1.165, 1.54) is 7.11 Å². The fraction of sp³-hybridized carbons (Fsp3) is 0.136. The molecule has 27 heavy (non-hydrogen) atoms. The maximum Gasteiger partial charge on any atom is 0.262 e. The van der Waals surface area contributed by atoms with Gasteiger partial charge in [0.2, 0.25) is 0 Å². The summed E-state index contributed by atoms with van der Waals surface area (Å²) in [5.41, 5.74) is 4.14. The predicted molar refractivity (Wildman–Crippen MR) is 105 cm³/mol. The number of nitrogens with zero attached hydrogens (tertiary/aromatic N) is 1. The van der Waals surface area contributed by atoms with Crippen LogP contribution < -0.4 is 15.0 Å². The molecule has 4 rings (SSSR count). The number of benzene rings is 3. The fourth-order valence-corrected chi connectivity index (χ4v) is 3.32. The van der Waals surface area contributed by atoms with Crippen LogP contribution in [-0.2, 0) is 0 Å². The summed E-state index contributed by atoms with van der Waals surface area (Å²) < 4.78 is 5.25. The average Bonchev–Trinajstić information content (AvgIpc) is 2.69. The predicted octanol–water partition coefficient (Wildman–Crippen LogP) is 4.48. The van der Waals surface area contributed by atoms with Gasteiger partial charge in [-0.1, -0.05) is 35.9 Å². The molecule has 0 saturated heterocycles. The van der Waals surface area contributed by atoms with Crippen LogP contribution in [0.1, 0.15) is 27.7 Å². The third kappa shape index (κ3) is 2.97. The number of ether oxygens (including phenoxy) is 1. The molecule has 0 aliphatic carbocycles. The molecule has 1 aliphatic heterocycles. The number of anilines is 2. The lowest BCUT2D eigenvalue weighted by molar-refractivity contribution is 0.0975. The van der Waals surface area contributed by atoms with E-state index in [1.54, 1.807) is 23.1 Å². The quantitative estimate of drug-likeness (QED) is 0.723. The number of fused-ring (bicyclic) bond motifs is 1. The van der Waals surface area contributed by atoms with Gasteiger partial charge in [-0.05, 0) is 48.9 Å². The Balaban J connectivity index is 1.86. The van der Waals surface area contributed by atoms with Crippen molar-refractivity contribution >= 4 is 17.3 Å². The van der Waals surface area contributed by atoms with Crippen LogP contribution in [0.3, 0.4) is 0 Å². The molecule has 1 heterocycles. The van der Waals surface area contributed by atoms with Gasteiger partial charge in [0.15, 0.2) is 11.5 Å². The van der Waals surface area contributed by atoms with E-state index in [1.807, 2.05) is 55.5 Å². The zero-order chi connectivity index (χ0) is 19.0. The van der Waals surface area contributed by atoms with Crippen molar-refractivity contribution in [3.63, 3.8) is 0 Å². The number of hydrogen-bond acceptors (Lipinski definition) is 4. The Hall–Kier alpha value is -3.47. The first-order valence-electron chi connectivity index (χ1n) is 8.71. The largest absolute Gasteiger partial charge is 0.504 e. The molecular formula is C22H20N2O3. The number of phenols is 1. The number of hydrogen-bond donors (Lipinski definition) is 2. The number of rotatable bonds is 3. The number of carbonyl (C=O) groups excluding carboxylic acids is 1. The molecular weight excluding hydrogens is 340 g/mol. The van der Waals surface area contributed by atoms with E-state index in [4.69, 9.17) is 4.74 Å². The van der Waals surface area contributed by atoms with Crippen LogP contribution >= 0.6 is 0 Å². The number of carbonyl (C=O) groups is 1. The smallest absolute Gasteiger partial charge is 0.262 e. The Morgan fingerprint density at radius 2 is 1.78 bits per heavy atom. The molecule has 3 aromatic rings. The third-order valence-corrected chi connectivity index (χ3v) is 4.76. The zero-order valence-corrected chi connectivity index (χ0v) is 15.1. The van der Waals surface area contributed by atoms with Crippen molar-refractivity contribution in [2.45, 2.75) is 13.1 Å². The summed E-state index contributed by atoms with van der Waals surface area (Å²) in [6.45, 7) is 2.01. The Bertz CT molecular complexity index is 999. The number of aromatic hydroxyl groups is 1. The summed E-state index contributed by atoms with van der Waals surface area (Å²) in [4.78, 5) is 15.0. The van der Waals surface area contributed by atoms with Crippen molar-refractivity contribution in [2.24, 2.45) is 0 Å². The summed E-state index contributed by atoms with van der Waals surface area (Å²) >= 11 is 0. The van der Waals surface area contributed by atoms with Gasteiger partial charge in [-0.3, -0.25) is 9.69 Å². The van der Waals surface area contributed by atoms with Gasteiger partial charge in [0.05, 0.1) is 12.7 Å². The lowest BCUT2D eigenvalue weighted by Crippen LogP contribution is -2.43. The molecule has 5 heteroatoms. The van der Waals surface area contributed by atoms with Crippen LogP contribution in [0, 0.1) is 6.92 Å². The molecule has 136 valence electrons. The lowest BCUT2D eigenvalue weighted by Gasteiger charge is -2.38. The molecule has 1 amide bonds. The molecule has 0 aromatic heterocycles. The second kappa shape index (κ2) is 6.68. The van der Waals surface area contributed by atoms with E-state index in [-0.39, 0.29) is 11.7 Å². The standard InChI is InChI=1S/C22H20N2O3/c1-14-7-10-16(11-8-14)24-21(15-9-12-19(25)20(13-15)27-2)23-18-6-4-3-5-17(18)22(24)26/h3-13,21,23,25H,1-2H3/t21-/m0/s1. The van der Waals surface area contributed by atoms with E-state index < -0.39 is 6.17 Å². The number of phenolic OH excluding ortho intramolecular Hbond substituents is 1. The van der Waals surface area contributed by atoms with Gasteiger partial charge in [0, 0.05) is 11.4 Å². The molecule has 0 fully saturated rings. The minimum Gasteiger partial charge on any atom is -0.504 e. The van der Waals surface area contributed by atoms with E-state index in [2.05, 4.69) is 5.32 Å². The van der Waals surface area contributed by atoms with Crippen molar-refractivity contribution in [3.8, 4) is 11.5 Å². The van der Waals surface area contributed by atoms with E-state index in [0.29, 0.717) is 11.3 Å². The van der Waals surface area contributed by atoms with Gasteiger partial charge in [-0.15, -0.1) is 0 Å². The number of nitrogens with one attached hydrogen (secondary N) is 1. The van der Waals surface area contributed by atoms with E-state index >= 15 is 0 Å². The Kier molecular flexibility index (Phi) is 4.20. The topological polar surface area (TPSA) is 61.8 Å². The average molecular weight is 360 g/mol. The highest BCUT2D eigenvalue weighted by atomic mass is 16.5. The second-order valence-corrected chi connectivity index (χ2v) is 6.53. The van der Waals surface area contributed by atoms with Gasteiger partial charge in [0.1, 0.15) is 6.17 Å². The highest BCUT2D eigenvalue weighted by molar-refractivity contribution is 6.12. The molecule has 5 nitrogen and oxygen atoms in total. The summed E-state index contributed by atoms with van der Waals surface area (Å²) in [5.74, 6) is 0.348. The van der Waals surface area contributed by atoms with Gasteiger partial charge in [-0.2, -0.15) is 0 Å². The molecule has 0 saturated carbocycles. The van der Waals surface area contributed by atoms with Crippen molar-refractivity contribution in [1.82, 2.24) is 0 Å². The van der Waals surface area contributed by atoms with Crippen molar-refractivity contribution < 1.29 is 14.6 Å². The molecule has 1 atom stereocenters. The van der Waals surface area contributed by atoms with Crippen LogP contribution in [0.15, 0.2) is 66.7 Å². The first-order valence-corrected chi connectivity index (χ1v) is 8.71. The molecule has 3 aromatic carbocycles. The van der Waals surface area contributed by atoms with Crippen LogP contribution in [0.2, 0.25) is 0 Å². The van der Waals surface area contributed by atoms with Crippen molar-refractivity contribution in [1.29, 1.82) is 0 Å². The molecule has 0 radical (unpaired) electrons. The maximum atomic E-state index is 13.3.